The van der Waals surface area contributed by atoms with Crippen molar-refractivity contribution in [3.63, 3.8) is 0 Å². The molecule has 7 nitrogen and oxygen atoms in total. The molecule has 9 heteroatoms. The van der Waals surface area contributed by atoms with Crippen LogP contribution in [0.3, 0.4) is 0 Å². The van der Waals surface area contributed by atoms with Gasteiger partial charge >= 0.3 is 12.6 Å². The van der Waals surface area contributed by atoms with Gasteiger partial charge in [-0.15, -0.1) is 0 Å². The second-order valence-electron chi connectivity index (χ2n) is 8.63. The Morgan fingerprint density at radius 3 is 2.33 bits per heavy atom. The summed E-state index contributed by atoms with van der Waals surface area (Å²) in [7, 11) is 0. The number of carbonyl (C=O) groups excluding carboxylic acids is 3. The quantitative estimate of drug-likeness (QED) is 0.596. The van der Waals surface area contributed by atoms with Gasteiger partial charge in [-0.3, -0.25) is 14.5 Å². The van der Waals surface area contributed by atoms with Crippen LogP contribution in [0.25, 0.3) is 0 Å². The van der Waals surface area contributed by atoms with E-state index in [1.54, 1.807) is 0 Å². The van der Waals surface area contributed by atoms with Crippen LogP contribution < -0.4 is 15.4 Å². The number of alkyl halides is 2. The van der Waals surface area contributed by atoms with E-state index in [2.05, 4.69) is 15.4 Å². The molecule has 1 aliphatic heterocycles. The first kappa shape index (κ1) is 22.7. The van der Waals surface area contributed by atoms with Gasteiger partial charge in [-0.2, -0.15) is 8.78 Å². The van der Waals surface area contributed by atoms with E-state index < -0.39 is 36.5 Å². The van der Waals surface area contributed by atoms with E-state index in [0.717, 1.165) is 24.2 Å². The number of nitrogens with zero attached hydrogens (tertiary/aromatic N) is 1. The molecule has 2 fully saturated rings. The monoisotopic (exact) mass is 457 g/mol. The highest BCUT2D eigenvalue weighted by Crippen LogP contribution is 2.43. The fourth-order valence-electron chi connectivity index (χ4n) is 4.44. The van der Waals surface area contributed by atoms with Gasteiger partial charge in [0.1, 0.15) is 17.8 Å². The van der Waals surface area contributed by atoms with Gasteiger partial charge < -0.3 is 15.4 Å². The van der Waals surface area contributed by atoms with Crippen molar-refractivity contribution in [2.45, 2.75) is 43.8 Å². The normalized spacial score (nSPS) is 21.5. The topological polar surface area (TPSA) is 87.7 Å². The summed E-state index contributed by atoms with van der Waals surface area (Å²) in [4.78, 5) is 39.0. The molecule has 33 heavy (non-hydrogen) atoms. The Hall–Kier alpha value is -3.49. The smallest absolute Gasteiger partial charge is 0.387 e. The number of hydrogen-bond donors (Lipinski definition) is 2. The van der Waals surface area contributed by atoms with E-state index in [0.29, 0.717) is 12.1 Å². The first-order valence-corrected chi connectivity index (χ1v) is 10.8. The standard InChI is InChI=1S/C24H25F2N3O4/c1-23(16-8-10-18(11-9-16)33-21(25)26)20(31)29(22(32)28-23)14-19(30)27-15-24(12-5-13-24)17-6-3-2-4-7-17/h2-4,6-11,21H,5,12-15H2,1H3,(H,27,30)(H,28,32). The van der Waals surface area contributed by atoms with Gasteiger partial charge in [-0.05, 0) is 43.0 Å². The van der Waals surface area contributed by atoms with Crippen molar-refractivity contribution >= 4 is 17.8 Å². The van der Waals surface area contributed by atoms with Crippen molar-refractivity contribution in [3.05, 3.63) is 65.7 Å². The molecule has 0 spiro atoms. The Labute approximate surface area is 190 Å². The Balaban J connectivity index is 1.40. The molecular formula is C24H25F2N3O4. The molecule has 1 heterocycles. The van der Waals surface area contributed by atoms with Crippen LogP contribution in [0.15, 0.2) is 54.6 Å². The minimum atomic E-state index is -2.96. The van der Waals surface area contributed by atoms with Gasteiger partial charge in [-0.1, -0.05) is 48.9 Å². The number of nitrogens with one attached hydrogen (secondary N) is 2. The summed E-state index contributed by atoms with van der Waals surface area (Å²) in [6.45, 7) is -1.43. The van der Waals surface area contributed by atoms with E-state index in [4.69, 9.17) is 0 Å². The zero-order valence-corrected chi connectivity index (χ0v) is 18.1. The Kier molecular flexibility index (Phi) is 6.05. The average molecular weight is 457 g/mol. The number of imide groups is 1. The third kappa shape index (κ3) is 4.40. The fraction of sp³-hybridized carbons (Fsp3) is 0.375. The van der Waals surface area contributed by atoms with Gasteiger partial charge in [0.25, 0.3) is 5.91 Å². The number of ether oxygens (including phenoxy) is 1. The van der Waals surface area contributed by atoms with E-state index in [9.17, 15) is 23.2 Å². The molecule has 0 bridgehead atoms. The summed E-state index contributed by atoms with van der Waals surface area (Å²) in [6.07, 6.45) is 3.00. The van der Waals surface area contributed by atoms with Crippen molar-refractivity contribution in [3.8, 4) is 5.75 Å². The highest BCUT2D eigenvalue weighted by Gasteiger charge is 2.49. The van der Waals surface area contributed by atoms with E-state index in [-0.39, 0.29) is 11.2 Å². The number of carbonyl (C=O) groups is 3. The fourth-order valence-corrected chi connectivity index (χ4v) is 4.44. The van der Waals surface area contributed by atoms with Gasteiger partial charge in [0.05, 0.1) is 0 Å². The zero-order chi connectivity index (χ0) is 23.6. The molecule has 2 aromatic carbocycles. The number of urea groups is 1. The van der Waals surface area contributed by atoms with Crippen molar-refractivity contribution < 1.29 is 27.9 Å². The Bertz CT molecular complexity index is 1040. The maximum absolute atomic E-state index is 13.0. The van der Waals surface area contributed by atoms with Crippen LogP contribution in [-0.2, 0) is 20.5 Å². The SMILES string of the molecule is CC1(c2ccc(OC(F)F)cc2)NC(=O)N(CC(=O)NCC2(c3ccccc3)CCC2)C1=O. The summed E-state index contributed by atoms with van der Waals surface area (Å²) in [5.74, 6) is -1.08. The molecular weight excluding hydrogens is 432 g/mol. The lowest BCUT2D eigenvalue weighted by molar-refractivity contribution is -0.134. The van der Waals surface area contributed by atoms with Gasteiger partial charge in [0, 0.05) is 12.0 Å². The van der Waals surface area contributed by atoms with E-state index in [1.165, 1.54) is 36.8 Å². The molecule has 1 saturated carbocycles. The number of hydrogen-bond acceptors (Lipinski definition) is 4. The summed E-state index contributed by atoms with van der Waals surface area (Å²) >= 11 is 0. The Morgan fingerprint density at radius 2 is 1.76 bits per heavy atom. The molecule has 2 aliphatic rings. The third-order valence-electron chi connectivity index (χ3n) is 6.55. The molecule has 4 rings (SSSR count). The van der Waals surface area contributed by atoms with Gasteiger partial charge in [0.2, 0.25) is 5.91 Å². The summed E-state index contributed by atoms with van der Waals surface area (Å²) < 4.78 is 29.0. The van der Waals surface area contributed by atoms with Crippen molar-refractivity contribution in [1.82, 2.24) is 15.5 Å². The van der Waals surface area contributed by atoms with E-state index >= 15 is 0 Å². The highest BCUT2D eigenvalue weighted by atomic mass is 19.3. The van der Waals surface area contributed by atoms with Crippen LogP contribution in [-0.4, -0.2) is 42.4 Å². The maximum Gasteiger partial charge on any atom is 0.387 e. The van der Waals surface area contributed by atoms with Crippen LogP contribution in [0.4, 0.5) is 13.6 Å². The van der Waals surface area contributed by atoms with Crippen molar-refractivity contribution in [2.24, 2.45) is 0 Å². The molecule has 2 aromatic rings. The zero-order valence-electron chi connectivity index (χ0n) is 18.1. The second kappa shape index (κ2) is 8.80. The largest absolute Gasteiger partial charge is 0.435 e. The van der Waals surface area contributed by atoms with Crippen LogP contribution >= 0.6 is 0 Å². The lowest BCUT2D eigenvalue weighted by Gasteiger charge is -2.42. The number of amides is 4. The first-order chi connectivity index (χ1) is 15.7. The molecule has 1 atom stereocenters. The minimum absolute atomic E-state index is 0.0614. The number of benzene rings is 2. The van der Waals surface area contributed by atoms with Crippen molar-refractivity contribution in [2.75, 3.05) is 13.1 Å². The van der Waals surface area contributed by atoms with Crippen LogP contribution in [0.5, 0.6) is 5.75 Å². The number of rotatable bonds is 8. The second-order valence-corrected chi connectivity index (χ2v) is 8.63. The first-order valence-electron chi connectivity index (χ1n) is 10.8. The molecule has 1 unspecified atom stereocenters. The highest BCUT2D eigenvalue weighted by molar-refractivity contribution is 6.09. The summed E-state index contributed by atoms with van der Waals surface area (Å²) in [5, 5.41) is 5.49. The molecule has 4 amide bonds. The molecule has 1 aliphatic carbocycles. The predicted molar refractivity (Wildman–Crippen MR) is 116 cm³/mol. The van der Waals surface area contributed by atoms with Gasteiger partial charge in [0.15, 0.2) is 0 Å². The molecule has 174 valence electrons. The minimum Gasteiger partial charge on any atom is -0.435 e. The van der Waals surface area contributed by atoms with Crippen LogP contribution in [0.1, 0.15) is 37.3 Å². The Morgan fingerprint density at radius 1 is 1.09 bits per heavy atom. The summed E-state index contributed by atoms with van der Waals surface area (Å²) in [6, 6.07) is 14.7. The molecule has 0 radical (unpaired) electrons. The van der Waals surface area contributed by atoms with Crippen LogP contribution in [0, 0.1) is 0 Å². The average Bonchev–Trinajstić information content (AvgIpc) is 2.97. The van der Waals surface area contributed by atoms with E-state index in [1.807, 2.05) is 30.3 Å². The maximum atomic E-state index is 13.0. The lowest BCUT2D eigenvalue weighted by Crippen LogP contribution is -2.49. The molecule has 0 aromatic heterocycles. The predicted octanol–water partition coefficient (Wildman–Crippen LogP) is 3.29. The number of halogens is 2. The van der Waals surface area contributed by atoms with Crippen LogP contribution in [0.2, 0.25) is 0 Å². The molecule has 2 N–H and O–H groups in total. The van der Waals surface area contributed by atoms with Crippen molar-refractivity contribution in [1.29, 1.82) is 0 Å². The summed E-state index contributed by atoms with van der Waals surface area (Å²) in [5.41, 5.74) is 0.0197. The lowest BCUT2D eigenvalue weighted by atomic mass is 9.64. The van der Waals surface area contributed by atoms with Gasteiger partial charge in [-0.25, -0.2) is 4.79 Å². The third-order valence-corrected chi connectivity index (χ3v) is 6.55. The molecule has 1 saturated heterocycles.